The molecule has 0 fully saturated rings. The van der Waals surface area contributed by atoms with Gasteiger partial charge in [-0.05, 0) is 49.7 Å². The van der Waals surface area contributed by atoms with E-state index in [-0.39, 0.29) is 5.38 Å². The van der Waals surface area contributed by atoms with Crippen molar-refractivity contribution in [1.82, 2.24) is 9.55 Å². The van der Waals surface area contributed by atoms with E-state index >= 15 is 0 Å². The Kier molecular flexibility index (Phi) is 3.87. The maximum atomic E-state index is 6.35. The molecule has 5 heteroatoms. The predicted molar refractivity (Wildman–Crippen MR) is 90.1 cm³/mol. The van der Waals surface area contributed by atoms with E-state index in [1.54, 1.807) is 12.1 Å². The first-order valence-electron chi connectivity index (χ1n) is 6.56. The Morgan fingerprint density at radius 3 is 2.57 bits per heavy atom. The highest BCUT2D eigenvalue weighted by Crippen LogP contribution is 2.33. The summed E-state index contributed by atoms with van der Waals surface area (Å²) in [6.07, 6.45) is 0. The van der Waals surface area contributed by atoms with Crippen LogP contribution in [-0.2, 0) is 0 Å². The Balaban J connectivity index is 2.41. The third-order valence-electron chi connectivity index (χ3n) is 3.34. The molecule has 1 aromatic heterocycles. The van der Waals surface area contributed by atoms with Crippen LogP contribution in [0.5, 0.6) is 0 Å². The van der Waals surface area contributed by atoms with E-state index in [0.717, 1.165) is 28.1 Å². The third-order valence-corrected chi connectivity index (χ3v) is 4.09. The molecule has 1 unspecified atom stereocenters. The normalized spacial score (nSPS) is 12.8. The number of aryl methyl sites for hydroxylation is 1. The van der Waals surface area contributed by atoms with Crippen molar-refractivity contribution in [2.75, 3.05) is 0 Å². The highest BCUT2D eigenvalue weighted by Gasteiger charge is 2.18. The van der Waals surface area contributed by atoms with Gasteiger partial charge < -0.3 is 0 Å². The Bertz CT molecular complexity index is 822. The second-order valence-electron chi connectivity index (χ2n) is 5.01. The largest absolute Gasteiger partial charge is 0.293 e. The maximum Gasteiger partial charge on any atom is 0.132 e. The summed E-state index contributed by atoms with van der Waals surface area (Å²) in [6, 6.07) is 11.5. The lowest BCUT2D eigenvalue weighted by Gasteiger charge is -2.13. The number of fused-ring (bicyclic) bond motifs is 1. The minimum absolute atomic E-state index is 0.243. The van der Waals surface area contributed by atoms with Crippen molar-refractivity contribution in [1.29, 1.82) is 0 Å². The van der Waals surface area contributed by atoms with E-state index in [2.05, 4.69) is 11.1 Å². The van der Waals surface area contributed by atoms with Crippen LogP contribution in [0.4, 0.5) is 0 Å². The van der Waals surface area contributed by atoms with Gasteiger partial charge in [0.15, 0.2) is 0 Å². The molecule has 3 rings (SSSR count). The van der Waals surface area contributed by atoms with Crippen molar-refractivity contribution in [2.24, 2.45) is 0 Å². The Morgan fingerprint density at radius 2 is 1.86 bits per heavy atom. The molecule has 0 aliphatic heterocycles. The maximum absolute atomic E-state index is 6.35. The van der Waals surface area contributed by atoms with E-state index in [0.29, 0.717) is 10.0 Å². The molecule has 108 valence electrons. The Hall–Kier alpha value is -1.22. The minimum atomic E-state index is -0.243. The van der Waals surface area contributed by atoms with Crippen LogP contribution in [0.1, 0.15) is 23.7 Å². The smallest absolute Gasteiger partial charge is 0.132 e. The molecule has 1 heterocycles. The standard InChI is InChI=1S/C16H13Cl3N2/c1-9-3-6-13-15(7-9)21(16(20-13)10(2)17)14-8-11(18)4-5-12(14)19/h3-8,10H,1-2H3. The molecule has 0 amide bonds. The summed E-state index contributed by atoms with van der Waals surface area (Å²) in [5, 5.41) is 0.989. The summed E-state index contributed by atoms with van der Waals surface area (Å²) in [6.45, 7) is 3.94. The van der Waals surface area contributed by atoms with Crippen LogP contribution >= 0.6 is 34.8 Å². The molecule has 0 radical (unpaired) electrons. The molecule has 0 spiro atoms. The van der Waals surface area contributed by atoms with Crippen molar-refractivity contribution in [3.8, 4) is 5.69 Å². The highest BCUT2D eigenvalue weighted by molar-refractivity contribution is 6.34. The molecule has 2 nitrogen and oxygen atoms in total. The molecule has 2 aromatic carbocycles. The van der Waals surface area contributed by atoms with Crippen molar-refractivity contribution in [3.63, 3.8) is 0 Å². The molecule has 0 bridgehead atoms. The highest BCUT2D eigenvalue weighted by atomic mass is 35.5. The summed E-state index contributed by atoms with van der Waals surface area (Å²) in [5.41, 5.74) is 3.80. The van der Waals surface area contributed by atoms with Crippen molar-refractivity contribution >= 4 is 45.8 Å². The molecule has 1 atom stereocenters. The summed E-state index contributed by atoms with van der Waals surface area (Å²) < 4.78 is 1.98. The number of alkyl halides is 1. The summed E-state index contributed by atoms with van der Waals surface area (Å²) in [7, 11) is 0. The number of imidazole rings is 1. The first-order valence-corrected chi connectivity index (χ1v) is 7.75. The molecular weight excluding hydrogens is 327 g/mol. The molecular formula is C16H13Cl3N2. The van der Waals surface area contributed by atoms with Gasteiger partial charge in [-0.25, -0.2) is 4.98 Å². The van der Waals surface area contributed by atoms with Crippen LogP contribution in [-0.4, -0.2) is 9.55 Å². The van der Waals surface area contributed by atoms with Crippen LogP contribution < -0.4 is 0 Å². The fourth-order valence-electron chi connectivity index (χ4n) is 2.38. The first-order chi connectivity index (χ1) is 9.97. The second kappa shape index (κ2) is 5.53. The lowest BCUT2D eigenvalue weighted by molar-refractivity contribution is 0.882. The van der Waals surface area contributed by atoms with Gasteiger partial charge >= 0.3 is 0 Å². The van der Waals surface area contributed by atoms with Crippen LogP contribution in [0.3, 0.4) is 0 Å². The number of hydrogen-bond acceptors (Lipinski definition) is 1. The number of benzene rings is 2. The Morgan fingerprint density at radius 1 is 1.10 bits per heavy atom. The summed E-state index contributed by atoms with van der Waals surface area (Å²) >= 11 is 18.8. The molecule has 0 saturated carbocycles. The van der Waals surface area contributed by atoms with Gasteiger partial charge in [0, 0.05) is 5.02 Å². The van der Waals surface area contributed by atoms with Gasteiger partial charge in [-0.2, -0.15) is 0 Å². The van der Waals surface area contributed by atoms with E-state index in [9.17, 15) is 0 Å². The molecule has 0 aliphatic rings. The number of rotatable bonds is 2. The zero-order chi connectivity index (χ0) is 15.1. The molecule has 21 heavy (non-hydrogen) atoms. The zero-order valence-corrected chi connectivity index (χ0v) is 13.8. The molecule has 0 aliphatic carbocycles. The topological polar surface area (TPSA) is 17.8 Å². The lowest BCUT2D eigenvalue weighted by Crippen LogP contribution is -2.02. The Labute approximate surface area is 138 Å². The van der Waals surface area contributed by atoms with E-state index in [4.69, 9.17) is 34.8 Å². The number of aromatic nitrogens is 2. The fourth-order valence-corrected chi connectivity index (χ4v) is 2.90. The average molecular weight is 340 g/mol. The van der Waals surface area contributed by atoms with Crippen molar-refractivity contribution < 1.29 is 0 Å². The quantitative estimate of drug-likeness (QED) is 0.528. The van der Waals surface area contributed by atoms with Crippen LogP contribution in [0.25, 0.3) is 16.7 Å². The monoisotopic (exact) mass is 338 g/mol. The van der Waals surface area contributed by atoms with E-state index < -0.39 is 0 Å². The van der Waals surface area contributed by atoms with Crippen molar-refractivity contribution in [2.45, 2.75) is 19.2 Å². The second-order valence-corrected chi connectivity index (χ2v) is 6.51. The van der Waals surface area contributed by atoms with Gasteiger partial charge in [-0.3, -0.25) is 4.57 Å². The van der Waals surface area contributed by atoms with Gasteiger partial charge in [-0.1, -0.05) is 29.3 Å². The van der Waals surface area contributed by atoms with Gasteiger partial charge in [0.2, 0.25) is 0 Å². The number of hydrogen-bond donors (Lipinski definition) is 0. The lowest BCUT2D eigenvalue weighted by atomic mass is 10.2. The SMILES string of the molecule is Cc1ccc2nc(C(C)Cl)n(-c3cc(Cl)ccc3Cl)c2c1. The number of halogens is 3. The summed E-state index contributed by atoms with van der Waals surface area (Å²) in [5.74, 6) is 0.751. The van der Waals surface area contributed by atoms with E-state index in [1.807, 2.05) is 36.6 Å². The van der Waals surface area contributed by atoms with Crippen LogP contribution in [0, 0.1) is 6.92 Å². The van der Waals surface area contributed by atoms with Crippen LogP contribution in [0.2, 0.25) is 10.0 Å². The van der Waals surface area contributed by atoms with E-state index in [1.165, 1.54) is 0 Å². The fraction of sp³-hybridized carbons (Fsp3) is 0.188. The van der Waals surface area contributed by atoms with Crippen molar-refractivity contribution in [3.05, 3.63) is 57.8 Å². The molecule has 0 saturated heterocycles. The zero-order valence-electron chi connectivity index (χ0n) is 11.6. The van der Waals surface area contributed by atoms with Gasteiger partial charge in [-0.15, -0.1) is 11.6 Å². The third kappa shape index (κ3) is 2.64. The van der Waals surface area contributed by atoms with Gasteiger partial charge in [0.05, 0.1) is 27.1 Å². The number of nitrogens with zero attached hydrogens (tertiary/aromatic N) is 2. The first kappa shape index (κ1) is 14.7. The summed E-state index contributed by atoms with van der Waals surface area (Å²) in [4.78, 5) is 4.63. The molecule has 0 N–H and O–H groups in total. The average Bonchev–Trinajstić information content (AvgIpc) is 2.80. The molecule has 3 aromatic rings. The minimum Gasteiger partial charge on any atom is -0.293 e. The van der Waals surface area contributed by atoms with Crippen LogP contribution in [0.15, 0.2) is 36.4 Å². The predicted octanol–water partition coefficient (Wildman–Crippen LogP) is 5.94. The van der Waals surface area contributed by atoms with Gasteiger partial charge in [0.25, 0.3) is 0 Å². The van der Waals surface area contributed by atoms with Gasteiger partial charge in [0.1, 0.15) is 5.82 Å².